The monoisotopic (exact) mass is 323 g/mol. The van der Waals surface area contributed by atoms with Crippen LogP contribution in [0.15, 0.2) is 22.7 Å². The third-order valence-electron chi connectivity index (χ3n) is 4.81. The van der Waals surface area contributed by atoms with Crippen molar-refractivity contribution in [2.75, 3.05) is 7.05 Å². The molecule has 0 spiro atoms. The molecule has 1 aliphatic carbocycles. The minimum Gasteiger partial charge on any atom is -0.313 e. The van der Waals surface area contributed by atoms with Crippen LogP contribution < -0.4 is 5.32 Å². The van der Waals surface area contributed by atoms with E-state index in [-0.39, 0.29) is 0 Å². The first kappa shape index (κ1) is 15.1. The van der Waals surface area contributed by atoms with E-state index < -0.39 is 0 Å². The number of hydrogen-bond acceptors (Lipinski definition) is 1. The van der Waals surface area contributed by atoms with Crippen LogP contribution in [0.2, 0.25) is 0 Å². The van der Waals surface area contributed by atoms with Gasteiger partial charge in [0.25, 0.3) is 0 Å². The van der Waals surface area contributed by atoms with Crippen molar-refractivity contribution in [3.05, 3.63) is 33.8 Å². The molecule has 2 rings (SSSR count). The third kappa shape index (κ3) is 3.41. The van der Waals surface area contributed by atoms with Crippen LogP contribution in [-0.2, 0) is 0 Å². The molecule has 0 amide bonds. The highest BCUT2D eigenvalue weighted by Crippen LogP contribution is 2.41. The summed E-state index contributed by atoms with van der Waals surface area (Å²) in [7, 11) is 2.12. The average Bonchev–Trinajstić information content (AvgIpc) is 2.44. The smallest absolute Gasteiger partial charge is 0.0351 e. The Balaban J connectivity index is 2.29. The van der Waals surface area contributed by atoms with E-state index in [4.69, 9.17) is 0 Å². The van der Waals surface area contributed by atoms with Crippen molar-refractivity contribution >= 4 is 15.9 Å². The van der Waals surface area contributed by atoms with E-state index in [1.807, 2.05) is 0 Å². The predicted molar refractivity (Wildman–Crippen MR) is 86.4 cm³/mol. The SMILES string of the molecule is CCC1CCCCC1C(NC)c1cc(Br)ccc1C. The minimum atomic E-state index is 0.503. The number of nitrogens with one attached hydrogen (secondary N) is 1. The Hall–Kier alpha value is -0.340. The Morgan fingerprint density at radius 1 is 1.32 bits per heavy atom. The lowest BCUT2D eigenvalue weighted by Gasteiger charge is -2.37. The molecule has 0 aliphatic heterocycles. The average molecular weight is 324 g/mol. The van der Waals surface area contributed by atoms with Crippen LogP contribution in [0.25, 0.3) is 0 Å². The fraction of sp³-hybridized carbons (Fsp3) is 0.647. The van der Waals surface area contributed by atoms with Crippen LogP contribution >= 0.6 is 15.9 Å². The Morgan fingerprint density at radius 3 is 2.74 bits per heavy atom. The largest absolute Gasteiger partial charge is 0.313 e. The maximum atomic E-state index is 3.62. The maximum absolute atomic E-state index is 3.62. The molecule has 1 aliphatic rings. The lowest BCUT2D eigenvalue weighted by Crippen LogP contribution is -2.33. The quantitative estimate of drug-likeness (QED) is 0.799. The molecular formula is C17H26BrN. The first-order valence-corrected chi connectivity index (χ1v) is 8.40. The Morgan fingerprint density at radius 2 is 2.05 bits per heavy atom. The van der Waals surface area contributed by atoms with Crippen LogP contribution in [0.5, 0.6) is 0 Å². The van der Waals surface area contributed by atoms with Crippen molar-refractivity contribution in [2.45, 2.75) is 52.0 Å². The van der Waals surface area contributed by atoms with E-state index in [1.54, 1.807) is 0 Å². The second kappa shape index (κ2) is 6.90. The summed E-state index contributed by atoms with van der Waals surface area (Å²) in [5, 5.41) is 3.60. The van der Waals surface area contributed by atoms with E-state index in [9.17, 15) is 0 Å². The molecule has 1 aromatic rings. The van der Waals surface area contributed by atoms with Crippen LogP contribution in [0.1, 0.15) is 56.2 Å². The van der Waals surface area contributed by atoms with Crippen LogP contribution in [0.4, 0.5) is 0 Å². The summed E-state index contributed by atoms with van der Waals surface area (Å²) in [5.74, 6) is 1.67. The van der Waals surface area contributed by atoms with Gasteiger partial charge in [-0.2, -0.15) is 0 Å². The molecule has 0 aromatic heterocycles. The zero-order valence-electron chi connectivity index (χ0n) is 12.4. The normalized spacial score (nSPS) is 25.3. The van der Waals surface area contributed by atoms with Crippen LogP contribution in [0, 0.1) is 18.8 Å². The molecule has 106 valence electrons. The van der Waals surface area contributed by atoms with Crippen molar-refractivity contribution in [1.29, 1.82) is 0 Å². The maximum Gasteiger partial charge on any atom is 0.0351 e. The summed E-state index contributed by atoms with van der Waals surface area (Å²) in [5.41, 5.74) is 2.88. The Kier molecular flexibility index (Phi) is 5.47. The summed E-state index contributed by atoms with van der Waals surface area (Å²) >= 11 is 3.62. The second-order valence-electron chi connectivity index (χ2n) is 5.88. The van der Waals surface area contributed by atoms with Gasteiger partial charge in [0.2, 0.25) is 0 Å². The highest BCUT2D eigenvalue weighted by Gasteiger charge is 2.31. The predicted octanol–water partition coefficient (Wildman–Crippen LogP) is 5.23. The van der Waals surface area contributed by atoms with Crippen LogP contribution in [0.3, 0.4) is 0 Å². The van der Waals surface area contributed by atoms with Crippen molar-refractivity contribution in [3.63, 3.8) is 0 Å². The van der Waals surface area contributed by atoms with Crippen molar-refractivity contribution in [3.8, 4) is 0 Å². The third-order valence-corrected chi connectivity index (χ3v) is 5.30. The van der Waals surface area contributed by atoms with Gasteiger partial charge in [-0.15, -0.1) is 0 Å². The standard InChI is InChI=1S/C17H26BrN/c1-4-13-7-5-6-8-15(13)17(19-3)16-11-14(18)10-9-12(16)2/h9-11,13,15,17,19H,4-8H2,1-3H3. The molecule has 19 heavy (non-hydrogen) atoms. The molecule has 1 N–H and O–H groups in total. The summed E-state index contributed by atoms with van der Waals surface area (Å²) in [4.78, 5) is 0. The molecule has 3 unspecified atom stereocenters. The minimum absolute atomic E-state index is 0.503. The van der Waals surface area contributed by atoms with E-state index in [1.165, 1.54) is 47.7 Å². The number of halogens is 1. The summed E-state index contributed by atoms with van der Waals surface area (Å²) < 4.78 is 1.19. The molecule has 3 atom stereocenters. The molecule has 0 radical (unpaired) electrons. The molecule has 0 saturated heterocycles. The zero-order valence-corrected chi connectivity index (χ0v) is 14.0. The van der Waals surface area contributed by atoms with Gasteiger partial charge in [0.05, 0.1) is 0 Å². The summed E-state index contributed by atoms with van der Waals surface area (Å²) in [6.07, 6.45) is 6.91. The van der Waals surface area contributed by atoms with Gasteiger partial charge in [-0.05, 0) is 55.5 Å². The van der Waals surface area contributed by atoms with Gasteiger partial charge < -0.3 is 5.32 Å². The van der Waals surface area contributed by atoms with Crippen molar-refractivity contribution < 1.29 is 0 Å². The molecule has 1 fully saturated rings. The number of benzene rings is 1. The molecule has 1 saturated carbocycles. The molecule has 1 aromatic carbocycles. The molecular weight excluding hydrogens is 298 g/mol. The van der Waals surface area contributed by atoms with Gasteiger partial charge in [0.1, 0.15) is 0 Å². The fourth-order valence-electron chi connectivity index (χ4n) is 3.73. The lowest BCUT2D eigenvalue weighted by molar-refractivity contribution is 0.180. The topological polar surface area (TPSA) is 12.0 Å². The van der Waals surface area contributed by atoms with Crippen molar-refractivity contribution in [2.24, 2.45) is 11.8 Å². The molecule has 2 heteroatoms. The highest BCUT2D eigenvalue weighted by molar-refractivity contribution is 9.10. The number of aryl methyl sites for hydroxylation is 1. The van der Waals surface area contributed by atoms with Gasteiger partial charge >= 0.3 is 0 Å². The van der Waals surface area contributed by atoms with Crippen molar-refractivity contribution in [1.82, 2.24) is 5.32 Å². The fourth-order valence-corrected chi connectivity index (χ4v) is 4.11. The molecule has 0 bridgehead atoms. The summed E-state index contributed by atoms with van der Waals surface area (Å²) in [6.45, 7) is 4.58. The van der Waals surface area contributed by atoms with E-state index in [0.29, 0.717) is 6.04 Å². The van der Waals surface area contributed by atoms with Crippen LogP contribution in [-0.4, -0.2) is 7.05 Å². The van der Waals surface area contributed by atoms with Gasteiger partial charge in [0.15, 0.2) is 0 Å². The van der Waals surface area contributed by atoms with Gasteiger partial charge in [-0.3, -0.25) is 0 Å². The van der Waals surface area contributed by atoms with Gasteiger partial charge in [-0.25, -0.2) is 0 Å². The number of rotatable bonds is 4. The Labute approximate surface area is 126 Å². The molecule has 1 nitrogen and oxygen atoms in total. The number of hydrogen-bond donors (Lipinski definition) is 1. The molecule has 0 heterocycles. The first-order chi connectivity index (χ1) is 9.17. The van der Waals surface area contributed by atoms with Gasteiger partial charge in [0, 0.05) is 10.5 Å². The Bertz CT molecular complexity index is 416. The highest BCUT2D eigenvalue weighted by atomic mass is 79.9. The van der Waals surface area contributed by atoms with Gasteiger partial charge in [-0.1, -0.05) is 54.6 Å². The first-order valence-electron chi connectivity index (χ1n) is 7.60. The zero-order chi connectivity index (χ0) is 13.8. The lowest BCUT2D eigenvalue weighted by atomic mass is 9.72. The second-order valence-corrected chi connectivity index (χ2v) is 6.80. The van der Waals surface area contributed by atoms with E-state index >= 15 is 0 Å². The van der Waals surface area contributed by atoms with E-state index in [0.717, 1.165) is 11.8 Å². The van der Waals surface area contributed by atoms with E-state index in [2.05, 4.69) is 60.3 Å². The summed E-state index contributed by atoms with van der Waals surface area (Å²) in [6, 6.07) is 7.18.